The molecule has 0 bridgehead atoms. The lowest BCUT2D eigenvalue weighted by molar-refractivity contribution is 0.774. The zero-order valence-corrected chi connectivity index (χ0v) is 13.7. The summed E-state index contributed by atoms with van der Waals surface area (Å²) in [6, 6.07) is 15.5. The molecular weight excluding hydrogens is 310 g/mol. The van der Waals surface area contributed by atoms with Crippen LogP contribution >= 0.6 is 15.9 Å². The molecular formula is C18H20BrN. The van der Waals surface area contributed by atoms with E-state index in [9.17, 15) is 0 Å². The molecule has 0 amide bonds. The number of halogens is 1. The van der Waals surface area contributed by atoms with E-state index < -0.39 is 0 Å². The van der Waals surface area contributed by atoms with Crippen LogP contribution in [0, 0.1) is 13.8 Å². The molecule has 1 unspecified atom stereocenters. The van der Waals surface area contributed by atoms with Crippen molar-refractivity contribution in [1.29, 1.82) is 0 Å². The Labute approximate surface area is 129 Å². The minimum Gasteiger partial charge on any atom is -0.371 e. The van der Waals surface area contributed by atoms with Crippen molar-refractivity contribution < 1.29 is 0 Å². The molecule has 20 heavy (non-hydrogen) atoms. The molecule has 0 saturated carbocycles. The molecule has 1 saturated heterocycles. The topological polar surface area (TPSA) is 3.24 Å². The summed E-state index contributed by atoms with van der Waals surface area (Å²) in [4.78, 5) is 2.51. The molecule has 3 rings (SSSR count). The standard InChI is InChI=1S/C18H20BrN/c1-13-6-7-18(10-14(13)2)20-9-8-16(12-20)15-4-3-5-17(19)11-15/h3-7,10-11,16H,8-9,12H2,1-2H3. The van der Waals surface area contributed by atoms with E-state index in [4.69, 9.17) is 0 Å². The zero-order chi connectivity index (χ0) is 14.1. The van der Waals surface area contributed by atoms with Crippen molar-refractivity contribution in [3.05, 3.63) is 63.6 Å². The number of anilines is 1. The first-order valence-corrected chi connectivity index (χ1v) is 8.00. The van der Waals surface area contributed by atoms with Gasteiger partial charge < -0.3 is 4.90 Å². The lowest BCUT2D eigenvalue weighted by Gasteiger charge is -2.20. The fourth-order valence-corrected chi connectivity index (χ4v) is 3.37. The van der Waals surface area contributed by atoms with Crippen LogP contribution in [0.25, 0.3) is 0 Å². The van der Waals surface area contributed by atoms with Crippen molar-refractivity contribution in [2.75, 3.05) is 18.0 Å². The van der Waals surface area contributed by atoms with Crippen molar-refractivity contribution in [2.45, 2.75) is 26.2 Å². The number of nitrogens with zero attached hydrogens (tertiary/aromatic N) is 1. The number of benzene rings is 2. The van der Waals surface area contributed by atoms with Gasteiger partial charge in [0.2, 0.25) is 0 Å². The second kappa shape index (κ2) is 5.61. The van der Waals surface area contributed by atoms with E-state index in [-0.39, 0.29) is 0 Å². The molecule has 0 aromatic heterocycles. The van der Waals surface area contributed by atoms with Crippen LogP contribution < -0.4 is 4.90 Å². The molecule has 2 heteroatoms. The minimum atomic E-state index is 0.647. The monoisotopic (exact) mass is 329 g/mol. The maximum absolute atomic E-state index is 3.57. The largest absolute Gasteiger partial charge is 0.371 e. The van der Waals surface area contributed by atoms with Gasteiger partial charge in [-0.3, -0.25) is 0 Å². The van der Waals surface area contributed by atoms with Gasteiger partial charge in [-0.25, -0.2) is 0 Å². The van der Waals surface area contributed by atoms with Gasteiger partial charge >= 0.3 is 0 Å². The summed E-state index contributed by atoms with van der Waals surface area (Å²) < 4.78 is 1.18. The highest BCUT2D eigenvalue weighted by Gasteiger charge is 2.24. The Balaban J connectivity index is 1.78. The predicted molar refractivity (Wildman–Crippen MR) is 89.6 cm³/mol. The molecule has 1 aliphatic heterocycles. The van der Waals surface area contributed by atoms with Crippen molar-refractivity contribution >= 4 is 21.6 Å². The predicted octanol–water partition coefficient (Wildman–Crippen LogP) is 5.06. The van der Waals surface area contributed by atoms with E-state index in [1.165, 1.54) is 33.3 Å². The molecule has 1 atom stereocenters. The Kier molecular flexibility index (Phi) is 3.84. The third-order valence-corrected chi connectivity index (χ3v) is 4.86. The van der Waals surface area contributed by atoms with Crippen LogP contribution in [-0.2, 0) is 0 Å². The summed E-state index contributed by atoms with van der Waals surface area (Å²) in [7, 11) is 0. The molecule has 2 aromatic rings. The van der Waals surface area contributed by atoms with Crippen LogP contribution in [0.1, 0.15) is 29.0 Å². The molecule has 2 aromatic carbocycles. The Bertz CT molecular complexity index is 621. The third kappa shape index (κ3) is 2.76. The van der Waals surface area contributed by atoms with Gasteiger partial charge in [0.1, 0.15) is 0 Å². The van der Waals surface area contributed by atoms with Crippen molar-refractivity contribution in [3.8, 4) is 0 Å². The molecule has 0 spiro atoms. The smallest absolute Gasteiger partial charge is 0.0369 e. The number of hydrogen-bond donors (Lipinski definition) is 0. The first kappa shape index (κ1) is 13.7. The lowest BCUT2D eigenvalue weighted by atomic mass is 9.99. The van der Waals surface area contributed by atoms with Gasteiger partial charge in [0.05, 0.1) is 0 Å². The summed E-state index contributed by atoms with van der Waals surface area (Å²) in [6.07, 6.45) is 1.24. The number of aryl methyl sites for hydroxylation is 2. The average molecular weight is 330 g/mol. The Morgan fingerprint density at radius 1 is 1.05 bits per heavy atom. The van der Waals surface area contributed by atoms with Crippen LogP contribution in [0.15, 0.2) is 46.9 Å². The quantitative estimate of drug-likeness (QED) is 0.744. The van der Waals surface area contributed by atoms with Crippen LogP contribution in [0.2, 0.25) is 0 Å². The first-order valence-electron chi connectivity index (χ1n) is 7.21. The van der Waals surface area contributed by atoms with Gasteiger partial charge in [0.15, 0.2) is 0 Å². The summed E-state index contributed by atoms with van der Waals surface area (Å²) in [5.41, 5.74) is 5.57. The van der Waals surface area contributed by atoms with Gasteiger partial charge in [-0.2, -0.15) is 0 Å². The lowest BCUT2D eigenvalue weighted by Crippen LogP contribution is -2.19. The summed E-state index contributed by atoms with van der Waals surface area (Å²) in [5, 5.41) is 0. The highest BCUT2D eigenvalue weighted by molar-refractivity contribution is 9.10. The molecule has 104 valence electrons. The third-order valence-electron chi connectivity index (χ3n) is 4.36. The molecule has 0 N–H and O–H groups in total. The second-order valence-corrected chi connectivity index (χ2v) is 6.67. The number of hydrogen-bond acceptors (Lipinski definition) is 1. The van der Waals surface area contributed by atoms with E-state index in [2.05, 4.69) is 77.1 Å². The van der Waals surface area contributed by atoms with Gasteiger partial charge in [-0.15, -0.1) is 0 Å². The second-order valence-electron chi connectivity index (χ2n) is 5.76. The van der Waals surface area contributed by atoms with Gasteiger partial charge in [0.25, 0.3) is 0 Å². The van der Waals surface area contributed by atoms with E-state index in [1.54, 1.807) is 0 Å². The van der Waals surface area contributed by atoms with Crippen molar-refractivity contribution in [2.24, 2.45) is 0 Å². The van der Waals surface area contributed by atoms with E-state index in [1.807, 2.05) is 0 Å². The van der Waals surface area contributed by atoms with Gasteiger partial charge in [-0.05, 0) is 61.2 Å². The fourth-order valence-electron chi connectivity index (χ4n) is 2.95. The number of rotatable bonds is 2. The van der Waals surface area contributed by atoms with Crippen LogP contribution in [0.3, 0.4) is 0 Å². The average Bonchev–Trinajstić information content (AvgIpc) is 2.92. The molecule has 0 radical (unpaired) electrons. The van der Waals surface area contributed by atoms with Crippen molar-refractivity contribution in [3.63, 3.8) is 0 Å². The first-order chi connectivity index (χ1) is 9.63. The maximum atomic E-state index is 3.57. The Morgan fingerprint density at radius 2 is 1.90 bits per heavy atom. The molecule has 0 aliphatic carbocycles. The highest BCUT2D eigenvalue weighted by Crippen LogP contribution is 2.32. The summed E-state index contributed by atoms with van der Waals surface area (Å²) in [5.74, 6) is 0.647. The fraction of sp³-hybridized carbons (Fsp3) is 0.333. The van der Waals surface area contributed by atoms with Gasteiger partial charge in [-0.1, -0.05) is 34.1 Å². The molecule has 1 nitrogen and oxygen atoms in total. The van der Waals surface area contributed by atoms with Crippen molar-refractivity contribution in [1.82, 2.24) is 0 Å². The maximum Gasteiger partial charge on any atom is 0.0369 e. The SMILES string of the molecule is Cc1ccc(N2CCC(c3cccc(Br)c3)C2)cc1C. The van der Waals surface area contributed by atoms with Crippen LogP contribution in [0.4, 0.5) is 5.69 Å². The Morgan fingerprint density at radius 3 is 2.65 bits per heavy atom. The van der Waals surface area contributed by atoms with E-state index >= 15 is 0 Å². The van der Waals surface area contributed by atoms with E-state index in [0.29, 0.717) is 5.92 Å². The Hall–Kier alpha value is -1.28. The molecule has 1 heterocycles. The van der Waals surface area contributed by atoms with Crippen LogP contribution in [0.5, 0.6) is 0 Å². The van der Waals surface area contributed by atoms with Gasteiger partial charge in [0, 0.05) is 29.2 Å². The summed E-state index contributed by atoms with van der Waals surface area (Å²) in [6.45, 7) is 6.65. The zero-order valence-electron chi connectivity index (χ0n) is 12.1. The molecule has 1 aliphatic rings. The normalized spacial score (nSPS) is 18.6. The minimum absolute atomic E-state index is 0.647. The van der Waals surface area contributed by atoms with E-state index in [0.717, 1.165) is 13.1 Å². The van der Waals surface area contributed by atoms with Crippen LogP contribution in [-0.4, -0.2) is 13.1 Å². The highest BCUT2D eigenvalue weighted by atomic mass is 79.9. The summed E-state index contributed by atoms with van der Waals surface area (Å²) >= 11 is 3.57. The molecule has 1 fully saturated rings.